The first-order valence-corrected chi connectivity index (χ1v) is 6.41. The van der Waals surface area contributed by atoms with Crippen molar-refractivity contribution in [1.82, 2.24) is 0 Å². The van der Waals surface area contributed by atoms with Crippen molar-refractivity contribution < 1.29 is 9.53 Å². The zero-order valence-electron chi connectivity index (χ0n) is 10.4. The van der Waals surface area contributed by atoms with Crippen molar-refractivity contribution in [3.63, 3.8) is 0 Å². The van der Waals surface area contributed by atoms with E-state index in [4.69, 9.17) is 27.9 Å². The van der Waals surface area contributed by atoms with Crippen LogP contribution in [0.2, 0.25) is 0 Å². The van der Waals surface area contributed by atoms with Crippen molar-refractivity contribution in [3.8, 4) is 11.8 Å². The standard InChI is InChI=1S/C13H18Cl2O2/c1-5-6-10(4)11(8-7-9(2)3)17-13(16)12(14)15/h10-12H,2,5-6H2,1,3-4H3. The van der Waals surface area contributed by atoms with E-state index >= 15 is 0 Å². The number of ether oxygens (including phenoxy) is 1. The van der Waals surface area contributed by atoms with E-state index in [0.717, 1.165) is 18.4 Å². The van der Waals surface area contributed by atoms with Crippen molar-refractivity contribution in [1.29, 1.82) is 0 Å². The summed E-state index contributed by atoms with van der Waals surface area (Å²) in [6.07, 6.45) is 1.42. The van der Waals surface area contributed by atoms with Crippen molar-refractivity contribution in [2.45, 2.75) is 44.6 Å². The molecule has 0 aromatic carbocycles. The normalized spacial score (nSPS) is 13.5. The molecule has 0 aliphatic carbocycles. The maximum Gasteiger partial charge on any atom is 0.340 e. The number of esters is 1. The Kier molecular flexibility index (Phi) is 8.12. The van der Waals surface area contributed by atoms with E-state index in [2.05, 4.69) is 25.3 Å². The summed E-state index contributed by atoms with van der Waals surface area (Å²) in [6.45, 7) is 9.52. The quantitative estimate of drug-likeness (QED) is 0.435. The maximum atomic E-state index is 11.3. The van der Waals surface area contributed by atoms with E-state index in [0.29, 0.717) is 0 Å². The molecule has 0 amide bonds. The second kappa shape index (κ2) is 8.44. The SMILES string of the molecule is C=C(C)C#CC(OC(=O)C(Cl)Cl)C(C)CCC. The van der Waals surface area contributed by atoms with E-state index < -0.39 is 16.9 Å². The van der Waals surface area contributed by atoms with Gasteiger partial charge in [-0.25, -0.2) is 4.79 Å². The maximum absolute atomic E-state index is 11.3. The van der Waals surface area contributed by atoms with Gasteiger partial charge in [-0.1, -0.05) is 61.9 Å². The highest BCUT2D eigenvalue weighted by atomic mass is 35.5. The summed E-state index contributed by atoms with van der Waals surface area (Å²) in [5.74, 6) is 5.19. The molecule has 0 aromatic heterocycles. The summed E-state index contributed by atoms with van der Waals surface area (Å²) in [5, 5.41) is 0. The van der Waals surface area contributed by atoms with Crippen LogP contribution in [0.15, 0.2) is 12.2 Å². The van der Waals surface area contributed by atoms with Crippen LogP contribution in [0.3, 0.4) is 0 Å². The Labute approximate surface area is 113 Å². The molecule has 0 heterocycles. The molecule has 0 fully saturated rings. The number of allylic oxidation sites excluding steroid dienone is 1. The van der Waals surface area contributed by atoms with Gasteiger partial charge in [0.25, 0.3) is 0 Å². The van der Waals surface area contributed by atoms with Gasteiger partial charge >= 0.3 is 5.97 Å². The van der Waals surface area contributed by atoms with Crippen LogP contribution in [0, 0.1) is 17.8 Å². The van der Waals surface area contributed by atoms with E-state index in [1.54, 1.807) is 6.92 Å². The first-order chi connectivity index (χ1) is 7.88. The van der Waals surface area contributed by atoms with Crippen LogP contribution in [0.25, 0.3) is 0 Å². The fourth-order valence-electron chi connectivity index (χ4n) is 1.27. The fourth-order valence-corrected chi connectivity index (χ4v) is 1.37. The molecule has 0 aliphatic heterocycles. The van der Waals surface area contributed by atoms with Gasteiger partial charge in [-0.05, 0) is 18.9 Å². The third-order valence-electron chi connectivity index (χ3n) is 2.11. The predicted octanol–water partition coefficient (Wildman–Crippen LogP) is 3.72. The topological polar surface area (TPSA) is 26.3 Å². The highest BCUT2D eigenvalue weighted by Gasteiger charge is 2.22. The number of rotatable bonds is 5. The molecular weight excluding hydrogens is 259 g/mol. The molecule has 0 spiro atoms. The van der Waals surface area contributed by atoms with Gasteiger partial charge in [-0.15, -0.1) is 0 Å². The second-order valence-electron chi connectivity index (χ2n) is 3.97. The van der Waals surface area contributed by atoms with Crippen molar-refractivity contribution in [2.75, 3.05) is 0 Å². The Morgan fingerprint density at radius 1 is 1.47 bits per heavy atom. The molecule has 2 nitrogen and oxygen atoms in total. The van der Waals surface area contributed by atoms with Gasteiger partial charge in [0, 0.05) is 5.92 Å². The third kappa shape index (κ3) is 7.31. The van der Waals surface area contributed by atoms with Gasteiger partial charge in [0.2, 0.25) is 4.84 Å². The molecule has 0 saturated carbocycles. The van der Waals surface area contributed by atoms with Crippen molar-refractivity contribution in [3.05, 3.63) is 12.2 Å². The third-order valence-corrected chi connectivity index (χ3v) is 2.47. The molecular formula is C13H18Cl2O2. The highest BCUT2D eigenvalue weighted by Crippen LogP contribution is 2.16. The number of carbonyl (C=O) groups is 1. The van der Waals surface area contributed by atoms with Crippen molar-refractivity contribution >= 4 is 29.2 Å². The van der Waals surface area contributed by atoms with Crippen LogP contribution in [-0.4, -0.2) is 16.9 Å². The molecule has 0 rings (SSSR count). The summed E-state index contributed by atoms with van der Waals surface area (Å²) < 4.78 is 5.16. The number of alkyl halides is 2. The zero-order chi connectivity index (χ0) is 13.4. The van der Waals surface area contributed by atoms with Gasteiger partial charge in [0.1, 0.15) is 0 Å². The lowest BCUT2D eigenvalue weighted by Crippen LogP contribution is -2.26. The molecule has 0 radical (unpaired) electrons. The van der Waals surface area contributed by atoms with Crippen LogP contribution in [-0.2, 0) is 9.53 Å². The van der Waals surface area contributed by atoms with Gasteiger partial charge in [-0.3, -0.25) is 0 Å². The summed E-state index contributed by atoms with van der Waals surface area (Å²) in [7, 11) is 0. The second-order valence-corrected chi connectivity index (χ2v) is 5.07. The largest absolute Gasteiger partial charge is 0.447 e. The summed E-state index contributed by atoms with van der Waals surface area (Å²) in [6, 6.07) is 0. The van der Waals surface area contributed by atoms with E-state index in [-0.39, 0.29) is 5.92 Å². The van der Waals surface area contributed by atoms with Gasteiger partial charge in [0.05, 0.1) is 0 Å². The fraction of sp³-hybridized carbons (Fsp3) is 0.615. The van der Waals surface area contributed by atoms with Gasteiger partial charge < -0.3 is 4.74 Å². The molecule has 0 bridgehead atoms. The molecule has 0 aromatic rings. The molecule has 17 heavy (non-hydrogen) atoms. The molecule has 96 valence electrons. The van der Waals surface area contributed by atoms with E-state index in [1.165, 1.54) is 0 Å². The highest BCUT2D eigenvalue weighted by molar-refractivity contribution is 6.52. The molecule has 2 atom stereocenters. The van der Waals surface area contributed by atoms with Gasteiger partial charge in [-0.2, -0.15) is 0 Å². The summed E-state index contributed by atoms with van der Waals surface area (Å²) >= 11 is 10.9. The number of carbonyl (C=O) groups excluding carboxylic acids is 1. The average molecular weight is 277 g/mol. The lowest BCUT2D eigenvalue weighted by Gasteiger charge is -2.19. The van der Waals surface area contributed by atoms with Gasteiger partial charge in [0.15, 0.2) is 6.10 Å². The smallest absolute Gasteiger partial charge is 0.340 e. The lowest BCUT2D eigenvalue weighted by molar-refractivity contribution is -0.146. The van der Waals surface area contributed by atoms with Crippen LogP contribution in [0.1, 0.15) is 33.6 Å². The first-order valence-electron chi connectivity index (χ1n) is 5.54. The Balaban J connectivity index is 4.69. The Bertz CT molecular complexity index is 326. The van der Waals surface area contributed by atoms with E-state index in [1.807, 2.05) is 6.92 Å². The molecule has 4 heteroatoms. The average Bonchev–Trinajstić information content (AvgIpc) is 2.23. The number of hydrogen-bond acceptors (Lipinski definition) is 2. The molecule has 2 unspecified atom stereocenters. The minimum Gasteiger partial charge on any atom is -0.447 e. The summed E-state index contributed by atoms with van der Waals surface area (Å²) in [4.78, 5) is 10.2. The summed E-state index contributed by atoms with van der Waals surface area (Å²) in [5.41, 5.74) is 0.725. The molecule has 0 aliphatic rings. The van der Waals surface area contributed by atoms with Crippen LogP contribution >= 0.6 is 23.2 Å². The minimum absolute atomic E-state index is 0.142. The molecule has 0 N–H and O–H groups in total. The lowest BCUT2D eigenvalue weighted by atomic mass is 9.99. The minimum atomic E-state index is -1.17. The first kappa shape index (κ1) is 16.4. The zero-order valence-corrected chi connectivity index (χ0v) is 11.9. The Morgan fingerprint density at radius 2 is 2.06 bits per heavy atom. The Hall–Kier alpha value is -0.650. The van der Waals surface area contributed by atoms with Crippen molar-refractivity contribution in [2.24, 2.45) is 5.92 Å². The van der Waals surface area contributed by atoms with Crippen LogP contribution in [0.4, 0.5) is 0 Å². The Morgan fingerprint density at radius 3 is 2.47 bits per heavy atom. The van der Waals surface area contributed by atoms with E-state index in [9.17, 15) is 4.79 Å². The molecule has 0 saturated heterocycles. The monoisotopic (exact) mass is 276 g/mol. The predicted molar refractivity (Wildman–Crippen MR) is 72.0 cm³/mol. The number of hydrogen-bond donors (Lipinski definition) is 0. The number of halogens is 2. The van der Waals surface area contributed by atoms with Crippen LogP contribution in [0.5, 0.6) is 0 Å². The van der Waals surface area contributed by atoms with Crippen LogP contribution < -0.4 is 0 Å².